The summed E-state index contributed by atoms with van der Waals surface area (Å²) in [6.07, 6.45) is 2.04. The van der Waals surface area contributed by atoms with Gasteiger partial charge in [-0.1, -0.05) is 43.3 Å². The molecule has 2 aromatic rings. The van der Waals surface area contributed by atoms with E-state index in [0.29, 0.717) is 12.0 Å². The van der Waals surface area contributed by atoms with Crippen LogP contribution < -0.4 is 5.32 Å². The van der Waals surface area contributed by atoms with Crippen molar-refractivity contribution in [3.8, 4) is 0 Å². The summed E-state index contributed by atoms with van der Waals surface area (Å²) in [5.41, 5.74) is 2.84. The largest absolute Gasteiger partial charge is 0.339 e. The summed E-state index contributed by atoms with van der Waals surface area (Å²) >= 11 is 0. The van der Waals surface area contributed by atoms with Gasteiger partial charge in [0.15, 0.2) is 5.82 Å². The summed E-state index contributed by atoms with van der Waals surface area (Å²) in [6.45, 7) is 7.35. The van der Waals surface area contributed by atoms with Crippen molar-refractivity contribution in [3.63, 3.8) is 0 Å². The van der Waals surface area contributed by atoms with Crippen LogP contribution in [0.4, 0.5) is 0 Å². The molecular weight excluding hydrogens is 262 g/mol. The minimum Gasteiger partial charge on any atom is -0.339 e. The lowest BCUT2D eigenvalue weighted by atomic mass is 10.0. The lowest BCUT2D eigenvalue weighted by Crippen LogP contribution is -2.30. The Balaban J connectivity index is 1.72. The van der Waals surface area contributed by atoms with E-state index in [2.05, 4.69) is 60.5 Å². The average molecular weight is 285 g/mol. The third-order valence-corrected chi connectivity index (χ3v) is 4.54. The molecule has 0 amide bonds. The second-order valence-electron chi connectivity index (χ2n) is 6.00. The van der Waals surface area contributed by atoms with Crippen LogP contribution >= 0.6 is 0 Å². The van der Waals surface area contributed by atoms with Gasteiger partial charge in [0.2, 0.25) is 5.89 Å². The second-order valence-corrected chi connectivity index (χ2v) is 6.00. The Hall–Kier alpha value is -1.68. The molecule has 1 aromatic heterocycles. The zero-order chi connectivity index (χ0) is 14.8. The van der Waals surface area contributed by atoms with Crippen molar-refractivity contribution in [2.75, 3.05) is 6.54 Å². The van der Waals surface area contributed by atoms with Gasteiger partial charge in [-0.05, 0) is 37.4 Å². The molecule has 0 saturated heterocycles. The van der Waals surface area contributed by atoms with Gasteiger partial charge in [0.05, 0.1) is 5.92 Å². The number of hydrogen-bond acceptors (Lipinski definition) is 4. The Labute approximate surface area is 126 Å². The van der Waals surface area contributed by atoms with Crippen LogP contribution in [0.3, 0.4) is 0 Å². The monoisotopic (exact) mass is 285 g/mol. The Kier molecular flexibility index (Phi) is 4.06. The van der Waals surface area contributed by atoms with Gasteiger partial charge >= 0.3 is 0 Å². The molecule has 4 heteroatoms. The lowest BCUT2D eigenvalue weighted by Gasteiger charge is -2.16. The van der Waals surface area contributed by atoms with Gasteiger partial charge in [-0.15, -0.1) is 0 Å². The molecule has 0 aliphatic heterocycles. The van der Waals surface area contributed by atoms with E-state index in [1.54, 1.807) is 0 Å². The molecule has 112 valence electrons. The maximum atomic E-state index is 5.50. The predicted octanol–water partition coefficient (Wildman–Crippen LogP) is 3.05. The molecule has 3 rings (SSSR count). The highest BCUT2D eigenvalue weighted by Gasteiger charge is 2.28. The Bertz CT molecular complexity index is 583. The van der Waals surface area contributed by atoms with Crippen LogP contribution in [0.1, 0.15) is 55.4 Å². The number of fused-ring (bicyclic) bond motifs is 1. The number of aromatic nitrogens is 2. The summed E-state index contributed by atoms with van der Waals surface area (Å²) in [5.74, 6) is 2.20. The highest BCUT2D eigenvalue weighted by Crippen LogP contribution is 2.33. The van der Waals surface area contributed by atoms with E-state index in [1.807, 2.05) is 0 Å². The Morgan fingerprint density at radius 3 is 2.52 bits per heavy atom. The van der Waals surface area contributed by atoms with Gasteiger partial charge in [-0.2, -0.15) is 4.98 Å². The first-order chi connectivity index (χ1) is 10.2. The highest BCUT2D eigenvalue weighted by molar-refractivity contribution is 5.34. The summed E-state index contributed by atoms with van der Waals surface area (Å²) in [5, 5.41) is 7.64. The van der Waals surface area contributed by atoms with Crippen molar-refractivity contribution in [2.24, 2.45) is 0 Å². The molecule has 0 fully saturated rings. The maximum absolute atomic E-state index is 5.50. The van der Waals surface area contributed by atoms with Gasteiger partial charge < -0.3 is 9.84 Å². The van der Waals surface area contributed by atoms with Crippen LogP contribution in [0.25, 0.3) is 0 Å². The van der Waals surface area contributed by atoms with Crippen LogP contribution in [-0.2, 0) is 12.8 Å². The maximum Gasteiger partial charge on any atom is 0.231 e. The van der Waals surface area contributed by atoms with Gasteiger partial charge in [-0.3, -0.25) is 0 Å². The summed E-state index contributed by atoms with van der Waals surface area (Å²) in [4.78, 5) is 4.66. The van der Waals surface area contributed by atoms with E-state index in [-0.39, 0.29) is 5.92 Å². The molecule has 0 spiro atoms. The first-order valence-electron chi connectivity index (χ1n) is 7.82. The number of rotatable bonds is 5. The van der Waals surface area contributed by atoms with Crippen LogP contribution in [0, 0.1) is 0 Å². The number of nitrogens with zero attached hydrogens (tertiary/aromatic N) is 2. The number of hydrogen-bond donors (Lipinski definition) is 1. The van der Waals surface area contributed by atoms with Crippen molar-refractivity contribution in [3.05, 3.63) is 47.1 Å². The van der Waals surface area contributed by atoms with Crippen molar-refractivity contribution >= 4 is 0 Å². The van der Waals surface area contributed by atoms with Crippen molar-refractivity contribution in [2.45, 2.75) is 51.5 Å². The Morgan fingerprint density at radius 2 is 1.90 bits per heavy atom. The fourth-order valence-electron chi connectivity index (χ4n) is 3.05. The molecule has 4 nitrogen and oxygen atoms in total. The van der Waals surface area contributed by atoms with E-state index in [4.69, 9.17) is 4.52 Å². The van der Waals surface area contributed by atoms with Crippen molar-refractivity contribution in [1.29, 1.82) is 0 Å². The average Bonchev–Trinajstić information content (AvgIpc) is 3.13. The topological polar surface area (TPSA) is 51.0 Å². The van der Waals surface area contributed by atoms with Crippen molar-refractivity contribution < 1.29 is 4.52 Å². The van der Waals surface area contributed by atoms with Crippen LogP contribution in [-0.4, -0.2) is 22.7 Å². The lowest BCUT2D eigenvalue weighted by molar-refractivity contribution is 0.328. The minimum absolute atomic E-state index is 0.231. The quantitative estimate of drug-likeness (QED) is 0.917. The normalized spacial score (nSPS) is 17.7. The van der Waals surface area contributed by atoms with Gasteiger partial charge in [0, 0.05) is 12.0 Å². The number of benzene rings is 1. The van der Waals surface area contributed by atoms with Crippen molar-refractivity contribution in [1.82, 2.24) is 15.5 Å². The molecule has 1 aromatic carbocycles. The summed E-state index contributed by atoms with van der Waals surface area (Å²) in [6, 6.07) is 8.94. The third-order valence-electron chi connectivity index (χ3n) is 4.54. The third kappa shape index (κ3) is 2.86. The SMILES string of the molecule is CCNC(C)C(C)c1nc(C2Cc3ccccc3C2)no1. The standard InChI is InChI=1S/C17H23N3O/c1-4-18-12(3)11(2)17-19-16(20-21-17)15-9-13-7-5-6-8-14(13)10-15/h5-8,11-12,15,18H,4,9-10H2,1-3H3. The Morgan fingerprint density at radius 1 is 1.24 bits per heavy atom. The van der Waals surface area contributed by atoms with E-state index in [1.165, 1.54) is 11.1 Å². The molecule has 21 heavy (non-hydrogen) atoms. The van der Waals surface area contributed by atoms with E-state index < -0.39 is 0 Å². The van der Waals surface area contributed by atoms with Crippen LogP contribution in [0.5, 0.6) is 0 Å². The molecule has 0 bridgehead atoms. The van der Waals surface area contributed by atoms with E-state index >= 15 is 0 Å². The summed E-state index contributed by atoms with van der Waals surface area (Å²) in [7, 11) is 0. The van der Waals surface area contributed by atoms with Crippen LogP contribution in [0.15, 0.2) is 28.8 Å². The molecule has 0 radical (unpaired) electrons. The first kappa shape index (κ1) is 14.3. The molecule has 2 atom stereocenters. The van der Waals surface area contributed by atoms with E-state index in [9.17, 15) is 0 Å². The minimum atomic E-state index is 0.231. The molecule has 1 aliphatic rings. The molecular formula is C17H23N3O. The van der Waals surface area contributed by atoms with E-state index in [0.717, 1.165) is 31.1 Å². The fourth-order valence-corrected chi connectivity index (χ4v) is 3.05. The smallest absolute Gasteiger partial charge is 0.231 e. The highest BCUT2D eigenvalue weighted by atomic mass is 16.5. The van der Waals surface area contributed by atoms with Gasteiger partial charge in [-0.25, -0.2) is 0 Å². The molecule has 0 saturated carbocycles. The zero-order valence-electron chi connectivity index (χ0n) is 13.0. The fraction of sp³-hybridized carbons (Fsp3) is 0.529. The number of likely N-dealkylation sites (N-methyl/N-ethyl adjacent to an activating group) is 1. The molecule has 1 heterocycles. The molecule has 1 aliphatic carbocycles. The second kappa shape index (κ2) is 5.98. The first-order valence-corrected chi connectivity index (χ1v) is 7.82. The zero-order valence-corrected chi connectivity index (χ0v) is 13.0. The molecule has 1 N–H and O–H groups in total. The number of nitrogens with one attached hydrogen (secondary N) is 1. The van der Waals surface area contributed by atoms with Gasteiger partial charge in [0.1, 0.15) is 0 Å². The van der Waals surface area contributed by atoms with Gasteiger partial charge in [0.25, 0.3) is 0 Å². The molecule has 2 unspecified atom stereocenters. The predicted molar refractivity (Wildman–Crippen MR) is 82.4 cm³/mol. The van der Waals surface area contributed by atoms with Crippen LogP contribution in [0.2, 0.25) is 0 Å². The summed E-state index contributed by atoms with van der Waals surface area (Å²) < 4.78 is 5.50.